The molecule has 1 N–H and O–H groups in total. The second kappa shape index (κ2) is 6.01. The second-order valence-corrected chi connectivity index (χ2v) is 5.99. The molecule has 1 unspecified atom stereocenters. The molecule has 0 amide bonds. The van der Waals surface area contributed by atoms with Crippen LogP contribution in [-0.2, 0) is 0 Å². The highest BCUT2D eigenvalue weighted by Gasteiger charge is 2.22. The van der Waals surface area contributed by atoms with Crippen molar-refractivity contribution in [3.63, 3.8) is 0 Å². The van der Waals surface area contributed by atoms with E-state index in [1.807, 2.05) is 0 Å². The molecule has 0 aliphatic heterocycles. The zero-order valence-corrected chi connectivity index (χ0v) is 12.4. The molecule has 0 saturated heterocycles. The average Bonchev–Trinajstić information content (AvgIpc) is 3.12. The van der Waals surface area contributed by atoms with E-state index in [0.29, 0.717) is 6.04 Å². The fourth-order valence-electron chi connectivity index (χ4n) is 2.27. The number of halogens is 1. The Labute approximate surface area is 113 Å². The molecule has 0 aromatic heterocycles. The molecule has 1 aromatic carbocycles. The molecule has 94 valence electrons. The molecule has 1 atom stereocenters. The van der Waals surface area contributed by atoms with Crippen LogP contribution in [0, 0.1) is 12.8 Å². The van der Waals surface area contributed by atoms with Crippen molar-refractivity contribution >= 4 is 15.9 Å². The molecule has 1 aliphatic carbocycles. The molecule has 1 aromatic rings. The van der Waals surface area contributed by atoms with Gasteiger partial charge in [0.2, 0.25) is 0 Å². The summed E-state index contributed by atoms with van der Waals surface area (Å²) in [5.74, 6) is 1.02. The summed E-state index contributed by atoms with van der Waals surface area (Å²) in [4.78, 5) is 0. The highest BCUT2D eigenvalue weighted by molar-refractivity contribution is 9.10. The van der Waals surface area contributed by atoms with Gasteiger partial charge in [0, 0.05) is 10.5 Å². The Morgan fingerprint density at radius 2 is 2.18 bits per heavy atom. The maximum atomic E-state index is 3.63. The van der Waals surface area contributed by atoms with E-state index in [9.17, 15) is 0 Å². The van der Waals surface area contributed by atoms with Crippen molar-refractivity contribution in [2.75, 3.05) is 6.54 Å². The van der Waals surface area contributed by atoms with Gasteiger partial charge < -0.3 is 5.32 Å². The topological polar surface area (TPSA) is 12.0 Å². The largest absolute Gasteiger partial charge is 0.310 e. The third kappa shape index (κ3) is 3.82. The van der Waals surface area contributed by atoms with Crippen LogP contribution in [0.1, 0.15) is 49.8 Å². The lowest BCUT2D eigenvalue weighted by atomic mass is 9.99. The Bertz CT molecular complexity index is 371. The van der Waals surface area contributed by atoms with Crippen LogP contribution >= 0.6 is 15.9 Å². The van der Waals surface area contributed by atoms with Gasteiger partial charge in [-0.25, -0.2) is 0 Å². The van der Waals surface area contributed by atoms with Gasteiger partial charge in [-0.3, -0.25) is 0 Å². The molecular weight excluding hydrogens is 274 g/mol. The van der Waals surface area contributed by atoms with Gasteiger partial charge in [0.1, 0.15) is 0 Å². The zero-order valence-electron chi connectivity index (χ0n) is 10.8. The van der Waals surface area contributed by atoms with Gasteiger partial charge in [-0.2, -0.15) is 0 Å². The molecule has 2 heteroatoms. The van der Waals surface area contributed by atoms with E-state index in [1.165, 1.54) is 41.3 Å². The SMILES string of the molecule is CCNC(CCC1CC1)c1ccc(C)c(Br)c1. The molecule has 1 aliphatic rings. The molecule has 2 rings (SSSR count). The number of rotatable bonds is 6. The van der Waals surface area contributed by atoms with E-state index >= 15 is 0 Å². The van der Waals surface area contributed by atoms with Crippen LogP contribution in [0.2, 0.25) is 0 Å². The van der Waals surface area contributed by atoms with Gasteiger partial charge in [-0.05, 0) is 49.4 Å². The van der Waals surface area contributed by atoms with E-state index in [4.69, 9.17) is 0 Å². The minimum Gasteiger partial charge on any atom is -0.310 e. The molecule has 0 radical (unpaired) electrons. The maximum Gasteiger partial charge on any atom is 0.0320 e. The predicted molar refractivity (Wildman–Crippen MR) is 77.3 cm³/mol. The smallest absolute Gasteiger partial charge is 0.0320 e. The van der Waals surface area contributed by atoms with Gasteiger partial charge in [-0.1, -0.05) is 47.8 Å². The lowest BCUT2D eigenvalue weighted by molar-refractivity contribution is 0.481. The Morgan fingerprint density at radius 3 is 2.76 bits per heavy atom. The minimum atomic E-state index is 0.525. The summed E-state index contributed by atoms with van der Waals surface area (Å²) in [6.07, 6.45) is 5.56. The first kappa shape index (κ1) is 13.1. The lowest BCUT2D eigenvalue weighted by Gasteiger charge is -2.19. The lowest BCUT2D eigenvalue weighted by Crippen LogP contribution is -2.21. The number of nitrogens with one attached hydrogen (secondary N) is 1. The van der Waals surface area contributed by atoms with Crippen LogP contribution in [0.3, 0.4) is 0 Å². The van der Waals surface area contributed by atoms with Crippen LogP contribution in [0.25, 0.3) is 0 Å². The van der Waals surface area contributed by atoms with E-state index in [-0.39, 0.29) is 0 Å². The average molecular weight is 296 g/mol. The van der Waals surface area contributed by atoms with Crippen LogP contribution < -0.4 is 5.32 Å². The molecule has 0 heterocycles. The Kier molecular flexibility index (Phi) is 4.63. The summed E-state index contributed by atoms with van der Waals surface area (Å²) in [7, 11) is 0. The quantitative estimate of drug-likeness (QED) is 0.809. The molecular formula is C15H22BrN. The summed E-state index contributed by atoms with van der Waals surface area (Å²) in [6.45, 7) is 5.37. The van der Waals surface area contributed by atoms with E-state index in [2.05, 4.69) is 53.3 Å². The van der Waals surface area contributed by atoms with Crippen LogP contribution in [-0.4, -0.2) is 6.54 Å². The van der Waals surface area contributed by atoms with Crippen molar-refractivity contribution in [1.82, 2.24) is 5.32 Å². The van der Waals surface area contributed by atoms with Crippen molar-refractivity contribution in [2.45, 2.75) is 45.6 Å². The van der Waals surface area contributed by atoms with Crippen molar-refractivity contribution in [2.24, 2.45) is 5.92 Å². The van der Waals surface area contributed by atoms with Gasteiger partial charge in [-0.15, -0.1) is 0 Å². The van der Waals surface area contributed by atoms with E-state index in [0.717, 1.165) is 12.5 Å². The molecule has 0 spiro atoms. The number of hydrogen-bond acceptors (Lipinski definition) is 1. The Morgan fingerprint density at radius 1 is 1.41 bits per heavy atom. The molecule has 0 bridgehead atoms. The Balaban J connectivity index is 2.03. The van der Waals surface area contributed by atoms with Gasteiger partial charge in [0.05, 0.1) is 0 Å². The fraction of sp³-hybridized carbons (Fsp3) is 0.600. The second-order valence-electron chi connectivity index (χ2n) is 5.14. The van der Waals surface area contributed by atoms with Gasteiger partial charge in [0.25, 0.3) is 0 Å². The first-order valence-corrected chi connectivity index (χ1v) is 7.49. The highest BCUT2D eigenvalue weighted by Crippen LogP contribution is 2.36. The first-order valence-electron chi connectivity index (χ1n) is 6.70. The molecule has 1 fully saturated rings. The van der Waals surface area contributed by atoms with Gasteiger partial charge >= 0.3 is 0 Å². The van der Waals surface area contributed by atoms with Crippen molar-refractivity contribution in [1.29, 1.82) is 0 Å². The van der Waals surface area contributed by atoms with Crippen LogP contribution in [0.4, 0.5) is 0 Å². The maximum absolute atomic E-state index is 3.63. The zero-order chi connectivity index (χ0) is 12.3. The number of hydrogen-bond donors (Lipinski definition) is 1. The summed E-state index contributed by atoms with van der Waals surface area (Å²) in [6, 6.07) is 7.27. The Hall–Kier alpha value is -0.340. The highest BCUT2D eigenvalue weighted by atomic mass is 79.9. The van der Waals surface area contributed by atoms with Crippen LogP contribution in [0.5, 0.6) is 0 Å². The number of aryl methyl sites for hydroxylation is 1. The molecule has 17 heavy (non-hydrogen) atoms. The van der Waals surface area contributed by atoms with Crippen LogP contribution in [0.15, 0.2) is 22.7 Å². The molecule has 1 saturated carbocycles. The third-order valence-corrected chi connectivity index (χ3v) is 4.46. The first-order chi connectivity index (χ1) is 8.20. The molecule has 1 nitrogen and oxygen atoms in total. The van der Waals surface area contributed by atoms with Crippen molar-refractivity contribution < 1.29 is 0 Å². The normalized spacial score (nSPS) is 17.1. The summed E-state index contributed by atoms with van der Waals surface area (Å²) < 4.78 is 1.23. The monoisotopic (exact) mass is 295 g/mol. The third-order valence-electron chi connectivity index (χ3n) is 3.61. The van der Waals surface area contributed by atoms with Crippen molar-refractivity contribution in [3.8, 4) is 0 Å². The van der Waals surface area contributed by atoms with E-state index < -0.39 is 0 Å². The van der Waals surface area contributed by atoms with Crippen molar-refractivity contribution in [3.05, 3.63) is 33.8 Å². The standard InChI is InChI=1S/C15H22BrN/c1-3-17-15(9-7-12-5-6-12)13-8-4-11(2)14(16)10-13/h4,8,10,12,15,17H,3,5-7,9H2,1-2H3. The fourth-order valence-corrected chi connectivity index (χ4v) is 2.66. The predicted octanol–water partition coefficient (Wildman–Crippen LogP) is 4.60. The van der Waals surface area contributed by atoms with E-state index in [1.54, 1.807) is 0 Å². The summed E-state index contributed by atoms with van der Waals surface area (Å²) in [5.41, 5.74) is 2.73. The summed E-state index contributed by atoms with van der Waals surface area (Å²) in [5, 5.41) is 3.61. The van der Waals surface area contributed by atoms with Gasteiger partial charge in [0.15, 0.2) is 0 Å². The summed E-state index contributed by atoms with van der Waals surface area (Å²) >= 11 is 3.63. The number of benzene rings is 1. The minimum absolute atomic E-state index is 0.525.